The van der Waals surface area contributed by atoms with E-state index in [1.807, 2.05) is 12.1 Å². The fourth-order valence-corrected chi connectivity index (χ4v) is 1.75. The van der Waals surface area contributed by atoms with E-state index in [1.54, 1.807) is 24.3 Å². The molecule has 0 bridgehead atoms. The van der Waals surface area contributed by atoms with Gasteiger partial charge in [0.1, 0.15) is 12.4 Å². The van der Waals surface area contributed by atoms with Crippen molar-refractivity contribution in [1.29, 1.82) is 0 Å². The molecule has 0 aliphatic rings. The molecule has 2 aromatic carbocycles. The zero-order valence-corrected chi connectivity index (χ0v) is 10.5. The molecule has 2 aromatic rings. The average Bonchev–Trinajstić information content (AvgIpc) is 2.42. The molecule has 100 valence electrons. The molecular weight excluding hydrogens is 245 g/mol. The second kappa shape index (κ2) is 6.20. The molecule has 0 fully saturated rings. The minimum atomic E-state index is -0.431. The first-order valence-corrected chi connectivity index (χ1v) is 6.06. The van der Waals surface area contributed by atoms with Crippen LogP contribution in [0.1, 0.15) is 11.1 Å². The second-order valence-corrected chi connectivity index (χ2v) is 4.23. The number of anilines is 1. The van der Waals surface area contributed by atoms with Crippen LogP contribution in [0.5, 0.6) is 5.75 Å². The van der Waals surface area contributed by atoms with Crippen LogP contribution in [0.2, 0.25) is 0 Å². The summed E-state index contributed by atoms with van der Waals surface area (Å²) < 4.78 is 19.1. The van der Waals surface area contributed by atoms with Crippen molar-refractivity contribution in [2.45, 2.75) is 13.0 Å². The van der Waals surface area contributed by atoms with Gasteiger partial charge < -0.3 is 15.6 Å². The minimum Gasteiger partial charge on any atom is -0.489 e. The van der Waals surface area contributed by atoms with E-state index in [1.165, 1.54) is 6.07 Å². The normalized spacial score (nSPS) is 10.4. The molecule has 0 atom stereocenters. The third kappa shape index (κ3) is 3.45. The van der Waals surface area contributed by atoms with Gasteiger partial charge in [0.05, 0.1) is 5.69 Å². The summed E-state index contributed by atoms with van der Waals surface area (Å²) in [5.41, 5.74) is 7.08. The quantitative estimate of drug-likeness (QED) is 0.813. The summed E-state index contributed by atoms with van der Waals surface area (Å²) in [5.74, 6) is 0.225. The zero-order chi connectivity index (χ0) is 13.7. The maximum Gasteiger partial charge on any atom is 0.152 e. The van der Waals surface area contributed by atoms with E-state index in [-0.39, 0.29) is 18.9 Å². The van der Waals surface area contributed by atoms with Gasteiger partial charge in [-0.25, -0.2) is 4.39 Å². The number of halogens is 1. The van der Waals surface area contributed by atoms with Gasteiger partial charge in [0.2, 0.25) is 0 Å². The lowest BCUT2D eigenvalue weighted by Gasteiger charge is -2.09. The average molecular weight is 261 g/mol. The van der Waals surface area contributed by atoms with Crippen LogP contribution in [0.15, 0.2) is 42.5 Å². The zero-order valence-electron chi connectivity index (χ0n) is 10.5. The summed E-state index contributed by atoms with van der Waals surface area (Å²) in [4.78, 5) is 0. The molecule has 19 heavy (non-hydrogen) atoms. The Labute approximate surface area is 111 Å². The first kappa shape index (κ1) is 13.4. The van der Waals surface area contributed by atoms with Crippen LogP contribution in [0.4, 0.5) is 10.1 Å². The van der Waals surface area contributed by atoms with Gasteiger partial charge in [-0.15, -0.1) is 0 Å². The Kier molecular flexibility index (Phi) is 4.36. The van der Waals surface area contributed by atoms with Gasteiger partial charge in [0.25, 0.3) is 0 Å². The summed E-state index contributed by atoms with van der Waals surface area (Å²) >= 11 is 0. The lowest BCUT2D eigenvalue weighted by molar-refractivity contribution is 0.296. The Morgan fingerprint density at radius 1 is 1.11 bits per heavy atom. The monoisotopic (exact) mass is 261 g/mol. The van der Waals surface area contributed by atoms with Crippen LogP contribution < -0.4 is 10.5 Å². The number of hydrogen-bond donors (Lipinski definition) is 2. The number of ether oxygens (including phenoxy) is 1. The Balaban J connectivity index is 2.00. The molecule has 0 aromatic heterocycles. The van der Waals surface area contributed by atoms with Gasteiger partial charge in [-0.2, -0.15) is 0 Å². The van der Waals surface area contributed by atoms with Crippen molar-refractivity contribution in [1.82, 2.24) is 0 Å². The molecule has 0 amide bonds. The molecule has 0 saturated carbocycles. The predicted octanol–water partition coefficient (Wildman–Crippen LogP) is 2.52. The summed E-state index contributed by atoms with van der Waals surface area (Å²) in [6.07, 6.45) is 0.615. The van der Waals surface area contributed by atoms with Crippen molar-refractivity contribution in [3.05, 3.63) is 59.4 Å². The Morgan fingerprint density at radius 3 is 2.53 bits per heavy atom. The van der Waals surface area contributed by atoms with Crippen LogP contribution in [-0.2, 0) is 13.0 Å². The molecule has 3 N–H and O–H groups in total. The van der Waals surface area contributed by atoms with Gasteiger partial charge >= 0.3 is 0 Å². The highest BCUT2D eigenvalue weighted by molar-refractivity contribution is 5.42. The molecule has 0 aliphatic carbocycles. The van der Waals surface area contributed by atoms with Gasteiger partial charge in [-0.05, 0) is 30.2 Å². The number of hydrogen-bond acceptors (Lipinski definition) is 3. The van der Waals surface area contributed by atoms with E-state index in [2.05, 4.69) is 0 Å². The summed E-state index contributed by atoms with van der Waals surface area (Å²) in [5, 5.41) is 8.81. The van der Waals surface area contributed by atoms with E-state index < -0.39 is 5.82 Å². The lowest BCUT2D eigenvalue weighted by atomic mass is 10.1. The molecule has 0 radical (unpaired) electrons. The Bertz CT molecular complexity index is 540. The highest BCUT2D eigenvalue weighted by atomic mass is 19.1. The molecule has 0 spiro atoms. The second-order valence-electron chi connectivity index (χ2n) is 4.23. The molecule has 3 nitrogen and oxygen atoms in total. The third-order valence-electron chi connectivity index (χ3n) is 2.83. The lowest BCUT2D eigenvalue weighted by Crippen LogP contribution is -2.01. The van der Waals surface area contributed by atoms with E-state index in [4.69, 9.17) is 15.6 Å². The fourth-order valence-electron chi connectivity index (χ4n) is 1.75. The van der Waals surface area contributed by atoms with Crippen LogP contribution >= 0.6 is 0 Å². The standard InChI is InChI=1S/C15H16FNO2/c16-15-12(2-1-3-14(15)17)10-19-13-6-4-11(5-7-13)8-9-18/h1-7,18H,8-10,17H2. The maximum atomic E-state index is 13.6. The largest absolute Gasteiger partial charge is 0.489 e. The molecular formula is C15H16FNO2. The van der Waals surface area contributed by atoms with Crippen LogP contribution in [-0.4, -0.2) is 11.7 Å². The maximum absolute atomic E-state index is 13.6. The number of aliphatic hydroxyl groups is 1. The van der Waals surface area contributed by atoms with Crippen molar-refractivity contribution in [3.8, 4) is 5.75 Å². The topological polar surface area (TPSA) is 55.5 Å². The van der Waals surface area contributed by atoms with Crippen molar-refractivity contribution >= 4 is 5.69 Å². The first-order valence-electron chi connectivity index (χ1n) is 6.06. The molecule has 2 rings (SSSR count). The molecule has 0 unspecified atom stereocenters. The van der Waals surface area contributed by atoms with Gasteiger partial charge in [0.15, 0.2) is 5.82 Å². The highest BCUT2D eigenvalue weighted by Crippen LogP contribution is 2.18. The number of nitrogen functional groups attached to an aromatic ring is 1. The van der Waals surface area contributed by atoms with Crippen LogP contribution in [0, 0.1) is 5.82 Å². The summed E-state index contributed by atoms with van der Waals surface area (Å²) in [7, 11) is 0. The van der Waals surface area contributed by atoms with Crippen molar-refractivity contribution < 1.29 is 14.2 Å². The number of benzene rings is 2. The fraction of sp³-hybridized carbons (Fsp3) is 0.200. The molecule has 0 aliphatic heterocycles. The Hall–Kier alpha value is -2.07. The van der Waals surface area contributed by atoms with Crippen LogP contribution in [0.25, 0.3) is 0 Å². The summed E-state index contributed by atoms with van der Waals surface area (Å²) in [6, 6.07) is 12.2. The third-order valence-corrected chi connectivity index (χ3v) is 2.83. The van der Waals surface area contributed by atoms with Crippen molar-refractivity contribution in [2.75, 3.05) is 12.3 Å². The van der Waals surface area contributed by atoms with Gasteiger partial charge in [-0.1, -0.05) is 24.3 Å². The van der Waals surface area contributed by atoms with Crippen LogP contribution in [0.3, 0.4) is 0 Å². The van der Waals surface area contributed by atoms with Crippen molar-refractivity contribution in [3.63, 3.8) is 0 Å². The minimum absolute atomic E-state index is 0.120. The molecule has 0 heterocycles. The van der Waals surface area contributed by atoms with E-state index in [0.29, 0.717) is 17.7 Å². The number of nitrogens with two attached hydrogens (primary N) is 1. The Morgan fingerprint density at radius 2 is 1.84 bits per heavy atom. The molecule has 0 saturated heterocycles. The smallest absolute Gasteiger partial charge is 0.152 e. The predicted molar refractivity (Wildman–Crippen MR) is 72.4 cm³/mol. The van der Waals surface area contributed by atoms with Gasteiger partial charge in [0, 0.05) is 12.2 Å². The van der Waals surface area contributed by atoms with Crippen molar-refractivity contribution in [2.24, 2.45) is 0 Å². The van der Waals surface area contributed by atoms with E-state index >= 15 is 0 Å². The first-order chi connectivity index (χ1) is 9.20. The highest BCUT2D eigenvalue weighted by Gasteiger charge is 2.06. The van der Waals surface area contributed by atoms with Gasteiger partial charge in [-0.3, -0.25) is 0 Å². The number of aliphatic hydroxyl groups excluding tert-OH is 1. The van der Waals surface area contributed by atoms with E-state index in [0.717, 1.165) is 5.56 Å². The SMILES string of the molecule is Nc1cccc(COc2ccc(CCO)cc2)c1F. The molecule has 4 heteroatoms. The summed E-state index contributed by atoms with van der Waals surface area (Å²) in [6.45, 7) is 0.255. The number of rotatable bonds is 5. The van der Waals surface area contributed by atoms with E-state index in [9.17, 15) is 4.39 Å².